The van der Waals surface area contributed by atoms with Crippen molar-refractivity contribution >= 4 is 11.5 Å². The summed E-state index contributed by atoms with van der Waals surface area (Å²) < 4.78 is 40.9. The number of nitro benzene ring substituents is 1. The molecule has 114 valence electrons. The number of halogens is 3. The Balaban J connectivity index is 2.50. The molecular formula is C13H7F3N2O4. The Morgan fingerprint density at radius 1 is 1.18 bits per heavy atom. The number of hydrogen-bond acceptors (Lipinski definition) is 5. The summed E-state index contributed by atoms with van der Waals surface area (Å²) in [5, 5.41) is 10.6. The summed E-state index contributed by atoms with van der Waals surface area (Å²) in [6, 6.07) is 5.02. The number of rotatable bonds is 4. The van der Waals surface area contributed by atoms with Gasteiger partial charge in [-0.2, -0.15) is 0 Å². The Labute approximate surface area is 121 Å². The lowest BCUT2D eigenvalue weighted by atomic mass is 10.0. The molecule has 0 saturated heterocycles. The molecule has 0 bridgehead atoms. The second-order valence-electron chi connectivity index (χ2n) is 4.05. The van der Waals surface area contributed by atoms with Gasteiger partial charge in [-0.05, 0) is 18.2 Å². The van der Waals surface area contributed by atoms with Crippen LogP contribution in [0.3, 0.4) is 0 Å². The predicted octanol–water partition coefficient (Wildman–Crippen LogP) is 3.12. The van der Waals surface area contributed by atoms with Crippen LogP contribution >= 0.6 is 0 Å². The monoisotopic (exact) mass is 312 g/mol. The first-order valence-corrected chi connectivity index (χ1v) is 5.77. The Kier molecular flexibility index (Phi) is 4.06. The number of hydrogen-bond donors (Lipinski definition) is 0. The van der Waals surface area contributed by atoms with Crippen molar-refractivity contribution in [1.82, 2.24) is 4.98 Å². The van der Waals surface area contributed by atoms with Crippen LogP contribution in [0.15, 0.2) is 42.7 Å². The quantitative estimate of drug-likeness (QED) is 0.492. The number of ether oxygens (including phenoxy) is 1. The topological polar surface area (TPSA) is 82.3 Å². The molecule has 0 atom stereocenters. The maximum Gasteiger partial charge on any atom is 0.573 e. The molecule has 0 aliphatic heterocycles. The van der Waals surface area contributed by atoms with Gasteiger partial charge in [0.2, 0.25) is 0 Å². The van der Waals surface area contributed by atoms with Crippen molar-refractivity contribution in [2.45, 2.75) is 6.36 Å². The molecule has 0 aliphatic rings. The van der Waals surface area contributed by atoms with Crippen LogP contribution in [-0.2, 0) is 0 Å². The first kappa shape index (κ1) is 15.4. The Morgan fingerprint density at radius 2 is 1.82 bits per heavy atom. The van der Waals surface area contributed by atoms with E-state index >= 15 is 0 Å². The van der Waals surface area contributed by atoms with Crippen LogP contribution in [0, 0.1) is 10.1 Å². The normalized spacial score (nSPS) is 11.0. The lowest BCUT2D eigenvalue weighted by molar-refractivity contribution is -0.385. The van der Waals surface area contributed by atoms with E-state index in [1.54, 1.807) is 0 Å². The van der Waals surface area contributed by atoms with Crippen LogP contribution < -0.4 is 4.74 Å². The van der Waals surface area contributed by atoms with Gasteiger partial charge in [0.15, 0.2) is 5.78 Å². The van der Waals surface area contributed by atoms with Crippen molar-refractivity contribution in [3.05, 3.63) is 64.0 Å². The number of carbonyl (C=O) groups excluding carboxylic acids is 1. The highest BCUT2D eigenvalue weighted by molar-refractivity contribution is 6.10. The fraction of sp³-hybridized carbons (Fsp3) is 0.0769. The number of non-ortho nitro benzene ring substituents is 1. The molecular weight excluding hydrogens is 305 g/mol. The molecule has 0 fully saturated rings. The first-order valence-electron chi connectivity index (χ1n) is 5.77. The Morgan fingerprint density at radius 3 is 2.36 bits per heavy atom. The van der Waals surface area contributed by atoms with Crippen LogP contribution in [0.5, 0.6) is 5.75 Å². The summed E-state index contributed by atoms with van der Waals surface area (Å²) in [7, 11) is 0. The number of nitro groups is 1. The highest BCUT2D eigenvalue weighted by Gasteiger charge is 2.34. The molecule has 6 nitrogen and oxygen atoms in total. The minimum atomic E-state index is -5.08. The van der Waals surface area contributed by atoms with Gasteiger partial charge in [-0.1, -0.05) is 0 Å². The standard InChI is InChI=1S/C13H7F3N2O4/c14-13(15,16)22-11-7-9(18(20)21)1-2-10(11)12(19)8-3-5-17-6-4-8/h1-7H. The van der Waals surface area contributed by atoms with Gasteiger partial charge in [0, 0.05) is 24.0 Å². The SMILES string of the molecule is O=C(c1ccncc1)c1ccc([N+](=O)[O-])cc1OC(F)(F)F. The number of carbonyl (C=O) groups is 1. The maximum absolute atomic E-state index is 12.4. The van der Waals surface area contributed by atoms with Crippen LogP contribution in [0.25, 0.3) is 0 Å². The number of nitrogens with zero attached hydrogens (tertiary/aromatic N) is 2. The third kappa shape index (κ3) is 3.57. The van der Waals surface area contributed by atoms with E-state index in [0.29, 0.717) is 6.07 Å². The fourth-order valence-corrected chi connectivity index (χ4v) is 1.68. The molecule has 0 aliphatic carbocycles. The van der Waals surface area contributed by atoms with E-state index in [1.807, 2.05) is 0 Å². The molecule has 1 aromatic carbocycles. The molecule has 9 heteroatoms. The summed E-state index contributed by atoms with van der Waals surface area (Å²) in [6.07, 6.45) is -2.49. The number of pyridine rings is 1. The maximum atomic E-state index is 12.4. The molecule has 1 heterocycles. The van der Waals surface area contributed by atoms with Crippen LogP contribution in [-0.4, -0.2) is 22.1 Å². The predicted molar refractivity (Wildman–Crippen MR) is 67.4 cm³/mol. The van der Waals surface area contributed by atoms with Crippen LogP contribution in [0.1, 0.15) is 15.9 Å². The van der Waals surface area contributed by atoms with Crippen molar-refractivity contribution in [3.8, 4) is 5.75 Å². The second-order valence-corrected chi connectivity index (χ2v) is 4.05. The Bertz CT molecular complexity index is 717. The van der Waals surface area contributed by atoms with E-state index in [-0.39, 0.29) is 5.56 Å². The number of ketones is 1. The van der Waals surface area contributed by atoms with Crippen molar-refractivity contribution < 1.29 is 27.6 Å². The highest BCUT2D eigenvalue weighted by atomic mass is 19.4. The zero-order valence-electron chi connectivity index (χ0n) is 10.7. The highest BCUT2D eigenvalue weighted by Crippen LogP contribution is 2.31. The molecule has 0 unspecified atom stereocenters. The van der Waals surface area contributed by atoms with E-state index < -0.39 is 34.1 Å². The van der Waals surface area contributed by atoms with Crippen LogP contribution in [0.4, 0.5) is 18.9 Å². The van der Waals surface area contributed by atoms with E-state index in [9.17, 15) is 28.1 Å². The fourth-order valence-electron chi connectivity index (χ4n) is 1.68. The van der Waals surface area contributed by atoms with E-state index in [4.69, 9.17) is 0 Å². The minimum absolute atomic E-state index is 0.0795. The number of aromatic nitrogens is 1. The van der Waals surface area contributed by atoms with Crippen molar-refractivity contribution in [3.63, 3.8) is 0 Å². The summed E-state index contributed by atoms with van der Waals surface area (Å²) in [6.45, 7) is 0. The van der Waals surface area contributed by atoms with E-state index in [2.05, 4.69) is 9.72 Å². The van der Waals surface area contributed by atoms with Gasteiger partial charge in [0.1, 0.15) is 5.75 Å². The lowest BCUT2D eigenvalue weighted by Crippen LogP contribution is -2.19. The van der Waals surface area contributed by atoms with Gasteiger partial charge < -0.3 is 4.74 Å². The average molecular weight is 312 g/mol. The van der Waals surface area contributed by atoms with Gasteiger partial charge in [-0.25, -0.2) is 0 Å². The summed E-state index contributed by atoms with van der Waals surface area (Å²) >= 11 is 0. The van der Waals surface area contributed by atoms with Gasteiger partial charge in [-0.15, -0.1) is 13.2 Å². The van der Waals surface area contributed by atoms with Crippen molar-refractivity contribution in [2.75, 3.05) is 0 Å². The smallest absolute Gasteiger partial charge is 0.405 e. The number of alkyl halides is 3. The summed E-state index contributed by atoms with van der Waals surface area (Å²) in [4.78, 5) is 25.6. The van der Waals surface area contributed by atoms with E-state index in [1.165, 1.54) is 24.5 Å². The molecule has 0 N–H and O–H groups in total. The molecule has 0 saturated carbocycles. The molecule has 1 aromatic heterocycles. The van der Waals surface area contributed by atoms with Crippen molar-refractivity contribution in [2.24, 2.45) is 0 Å². The average Bonchev–Trinajstić information content (AvgIpc) is 2.45. The van der Waals surface area contributed by atoms with Crippen LogP contribution in [0.2, 0.25) is 0 Å². The zero-order chi connectivity index (χ0) is 16.3. The van der Waals surface area contributed by atoms with Gasteiger partial charge >= 0.3 is 6.36 Å². The summed E-state index contributed by atoms with van der Waals surface area (Å²) in [5.41, 5.74) is -0.976. The van der Waals surface area contributed by atoms with Crippen molar-refractivity contribution in [1.29, 1.82) is 0 Å². The molecule has 2 rings (SSSR count). The van der Waals surface area contributed by atoms with E-state index in [0.717, 1.165) is 12.1 Å². The van der Waals surface area contributed by atoms with Gasteiger partial charge in [-0.3, -0.25) is 19.9 Å². The number of benzene rings is 1. The second kappa shape index (κ2) is 5.80. The third-order valence-corrected chi connectivity index (χ3v) is 2.59. The largest absolute Gasteiger partial charge is 0.573 e. The lowest BCUT2D eigenvalue weighted by Gasteiger charge is -2.12. The van der Waals surface area contributed by atoms with Gasteiger partial charge in [0.25, 0.3) is 5.69 Å². The Hall–Kier alpha value is -2.97. The summed E-state index contributed by atoms with van der Waals surface area (Å²) in [5.74, 6) is -1.69. The molecule has 2 aromatic rings. The molecule has 22 heavy (non-hydrogen) atoms. The minimum Gasteiger partial charge on any atom is -0.405 e. The third-order valence-electron chi connectivity index (χ3n) is 2.59. The molecule has 0 spiro atoms. The molecule has 0 radical (unpaired) electrons. The molecule has 0 amide bonds. The zero-order valence-corrected chi connectivity index (χ0v) is 10.7. The van der Waals surface area contributed by atoms with Gasteiger partial charge in [0.05, 0.1) is 16.6 Å². The first-order chi connectivity index (χ1) is 10.3.